The van der Waals surface area contributed by atoms with E-state index in [-0.39, 0.29) is 23.4 Å². The monoisotopic (exact) mass is 291 g/mol. The van der Waals surface area contributed by atoms with E-state index < -0.39 is 4.92 Å². The van der Waals surface area contributed by atoms with Crippen LogP contribution < -0.4 is 10.6 Å². The van der Waals surface area contributed by atoms with Crippen molar-refractivity contribution in [3.8, 4) is 0 Å². The smallest absolute Gasteiger partial charge is 0.269 e. The summed E-state index contributed by atoms with van der Waals surface area (Å²) in [6.45, 7) is 4.87. The summed E-state index contributed by atoms with van der Waals surface area (Å²) in [7, 11) is 0. The van der Waals surface area contributed by atoms with Crippen molar-refractivity contribution in [2.45, 2.75) is 26.2 Å². The van der Waals surface area contributed by atoms with E-state index in [1.165, 1.54) is 12.1 Å². The number of rotatable bonds is 5. The van der Waals surface area contributed by atoms with E-state index in [0.717, 1.165) is 31.5 Å². The summed E-state index contributed by atoms with van der Waals surface area (Å²) in [6, 6.07) is 6.11. The predicted molar refractivity (Wildman–Crippen MR) is 80.0 cm³/mol. The van der Waals surface area contributed by atoms with Crippen LogP contribution in [0.5, 0.6) is 0 Å². The van der Waals surface area contributed by atoms with Gasteiger partial charge in [-0.2, -0.15) is 0 Å². The van der Waals surface area contributed by atoms with E-state index in [2.05, 4.69) is 17.6 Å². The van der Waals surface area contributed by atoms with E-state index >= 15 is 0 Å². The van der Waals surface area contributed by atoms with E-state index in [0.29, 0.717) is 6.54 Å². The molecule has 1 aromatic rings. The van der Waals surface area contributed by atoms with Crippen molar-refractivity contribution in [3.05, 3.63) is 39.9 Å². The van der Waals surface area contributed by atoms with Crippen LogP contribution in [0.15, 0.2) is 24.3 Å². The first-order chi connectivity index (χ1) is 9.98. The third kappa shape index (κ3) is 4.53. The van der Waals surface area contributed by atoms with Gasteiger partial charge in [0.05, 0.1) is 11.3 Å². The lowest BCUT2D eigenvalue weighted by Gasteiger charge is -2.34. The van der Waals surface area contributed by atoms with Crippen LogP contribution in [0.2, 0.25) is 0 Å². The molecule has 1 saturated heterocycles. The molecule has 6 nitrogen and oxygen atoms in total. The molecular formula is C15H21N3O3. The van der Waals surface area contributed by atoms with Gasteiger partial charge in [0, 0.05) is 18.7 Å². The topological polar surface area (TPSA) is 84.3 Å². The van der Waals surface area contributed by atoms with Gasteiger partial charge < -0.3 is 10.6 Å². The van der Waals surface area contributed by atoms with Gasteiger partial charge in [0.25, 0.3) is 5.69 Å². The number of hydrogen-bond donors (Lipinski definition) is 2. The zero-order valence-electron chi connectivity index (χ0n) is 12.2. The average molecular weight is 291 g/mol. The molecule has 0 bridgehead atoms. The van der Waals surface area contributed by atoms with Gasteiger partial charge in [0.2, 0.25) is 5.91 Å². The molecule has 0 atom stereocenters. The van der Waals surface area contributed by atoms with Gasteiger partial charge in [-0.15, -0.1) is 0 Å². The Morgan fingerprint density at radius 3 is 2.52 bits per heavy atom. The fourth-order valence-electron chi connectivity index (χ4n) is 2.50. The standard InChI is InChI=1S/C15H21N3O3/c1-15(6-8-16-9-7-15)11-17-14(19)10-12-2-4-13(5-3-12)18(20)21/h2-5,16H,6-11H2,1H3,(H,17,19). The first-order valence-electron chi connectivity index (χ1n) is 7.19. The normalized spacial score (nSPS) is 17.2. The minimum atomic E-state index is -0.443. The molecule has 1 amide bonds. The van der Waals surface area contributed by atoms with E-state index in [9.17, 15) is 14.9 Å². The SMILES string of the molecule is CC1(CNC(=O)Cc2ccc([N+](=O)[O-])cc2)CCNCC1. The number of benzene rings is 1. The Morgan fingerprint density at radius 1 is 1.33 bits per heavy atom. The number of amides is 1. The van der Waals surface area contributed by atoms with Crippen molar-refractivity contribution in [2.75, 3.05) is 19.6 Å². The fraction of sp³-hybridized carbons (Fsp3) is 0.533. The van der Waals surface area contributed by atoms with Crippen LogP contribution in [0.1, 0.15) is 25.3 Å². The molecule has 0 unspecified atom stereocenters. The summed E-state index contributed by atoms with van der Waals surface area (Å²) in [4.78, 5) is 22.1. The van der Waals surface area contributed by atoms with E-state index in [1.54, 1.807) is 12.1 Å². The molecule has 21 heavy (non-hydrogen) atoms. The zero-order chi connectivity index (χ0) is 15.3. The highest BCUT2D eigenvalue weighted by Crippen LogP contribution is 2.26. The minimum Gasteiger partial charge on any atom is -0.355 e. The summed E-state index contributed by atoms with van der Waals surface area (Å²) in [5, 5.41) is 16.9. The summed E-state index contributed by atoms with van der Waals surface area (Å²) in [5.74, 6) is -0.0383. The van der Waals surface area contributed by atoms with E-state index in [4.69, 9.17) is 0 Å². The molecule has 1 aromatic carbocycles. The molecule has 1 aliphatic rings. The number of hydrogen-bond acceptors (Lipinski definition) is 4. The third-order valence-corrected chi connectivity index (χ3v) is 4.03. The maximum Gasteiger partial charge on any atom is 0.269 e. The van der Waals surface area contributed by atoms with Gasteiger partial charge in [-0.05, 0) is 36.9 Å². The van der Waals surface area contributed by atoms with Crippen molar-refractivity contribution in [1.82, 2.24) is 10.6 Å². The first-order valence-corrected chi connectivity index (χ1v) is 7.19. The summed E-state index contributed by atoms with van der Waals surface area (Å²) in [5.41, 5.74) is 0.992. The Balaban J connectivity index is 1.82. The Morgan fingerprint density at radius 2 is 1.95 bits per heavy atom. The molecule has 2 rings (SSSR count). The van der Waals surface area contributed by atoms with Gasteiger partial charge in [0.15, 0.2) is 0 Å². The highest BCUT2D eigenvalue weighted by atomic mass is 16.6. The average Bonchev–Trinajstić information content (AvgIpc) is 2.47. The van der Waals surface area contributed by atoms with Crippen molar-refractivity contribution < 1.29 is 9.72 Å². The van der Waals surface area contributed by atoms with Gasteiger partial charge in [-0.3, -0.25) is 14.9 Å². The molecule has 0 aromatic heterocycles. The van der Waals surface area contributed by atoms with Crippen molar-refractivity contribution in [3.63, 3.8) is 0 Å². The van der Waals surface area contributed by atoms with Crippen LogP contribution in [0.25, 0.3) is 0 Å². The lowest BCUT2D eigenvalue weighted by atomic mass is 9.81. The second-order valence-corrected chi connectivity index (χ2v) is 5.94. The molecule has 2 N–H and O–H groups in total. The van der Waals surface area contributed by atoms with Gasteiger partial charge in [0.1, 0.15) is 0 Å². The lowest BCUT2D eigenvalue weighted by molar-refractivity contribution is -0.384. The van der Waals surface area contributed by atoms with Gasteiger partial charge >= 0.3 is 0 Å². The number of nitrogens with zero attached hydrogens (tertiary/aromatic N) is 1. The van der Waals surface area contributed by atoms with Gasteiger partial charge in [-0.25, -0.2) is 0 Å². The molecular weight excluding hydrogens is 270 g/mol. The molecule has 0 saturated carbocycles. The first kappa shape index (κ1) is 15.4. The highest BCUT2D eigenvalue weighted by Gasteiger charge is 2.26. The summed E-state index contributed by atoms with van der Waals surface area (Å²) < 4.78 is 0. The maximum atomic E-state index is 12.0. The molecule has 1 fully saturated rings. The quantitative estimate of drug-likeness (QED) is 0.638. The van der Waals surface area contributed by atoms with Crippen molar-refractivity contribution in [2.24, 2.45) is 5.41 Å². The van der Waals surface area contributed by atoms with Crippen LogP contribution in [0.3, 0.4) is 0 Å². The Labute approximate surface area is 124 Å². The van der Waals surface area contributed by atoms with E-state index in [1.807, 2.05) is 0 Å². The molecule has 0 radical (unpaired) electrons. The summed E-state index contributed by atoms with van der Waals surface area (Å²) in [6.07, 6.45) is 2.38. The van der Waals surface area contributed by atoms with Crippen LogP contribution in [-0.2, 0) is 11.2 Å². The fourth-order valence-corrected chi connectivity index (χ4v) is 2.50. The summed E-state index contributed by atoms with van der Waals surface area (Å²) >= 11 is 0. The zero-order valence-corrected chi connectivity index (χ0v) is 12.2. The lowest BCUT2D eigenvalue weighted by Crippen LogP contribution is -2.43. The number of nitro groups is 1. The second kappa shape index (κ2) is 6.67. The third-order valence-electron chi connectivity index (χ3n) is 4.03. The largest absolute Gasteiger partial charge is 0.355 e. The molecule has 0 aliphatic carbocycles. The maximum absolute atomic E-state index is 12.0. The Kier molecular flexibility index (Phi) is 4.90. The molecule has 114 valence electrons. The number of nitro benzene ring substituents is 1. The second-order valence-electron chi connectivity index (χ2n) is 5.94. The Bertz CT molecular complexity index is 507. The minimum absolute atomic E-state index is 0.0383. The van der Waals surface area contributed by atoms with Crippen LogP contribution >= 0.6 is 0 Å². The number of piperidine rings is 1. The molecule has 6 heteroatoms. The van der Waals surface area contributed by atoms with Crippen LogP contribution in [-0.4, -0.2) is 30.5 Å². The molecule has 0 spiro atoms. The number of carbonyl (C=O) groups excluding carboxylic acids is 1. The molecule has 1 aliphatic heterocycles. The van der Waals surface area contributed by atoms with Crippen LogP contribution in [0, 0.1) is 15.5 Å². The number of non-ortho nitro benzene ring substituents is 1. The number of carbonyl (C=O) groups is 1. The molecule has 1 heterocycles. The van der Waals surface area contributed by atoms with Gasteiger partial charge in [-0.1, -0.05) is 19.1 Å². The van der Waals surface area contributed by atoms with Crippen LogP contribution in [0.4, 0.5) is 5.69 Å². The number of nitrogens with one attached hydrogen (secondary N) is 2. The Hall–Kier alpha value is -1.95. The predicted octanol–water partition coefficient (Wildman–Crippen LogP) is 1.64. The highest BCUT2D eigenvalue weighted by molar-refractivity contribution is 5.78. The van der Waals surface area contributed by atoms with Crippen molar-refractivity contribution in [1.29, 1.82) is 0 Å². The van der Waals surface area contributed by atoms with Crippen molar-refractivity contribution >= 4 is 11.6 Å².